The summed E-state index contributed by atoms with van der Waals surface area (Å²) in [4.78, 5) is 25.8. The van der Waals surface area contributed by atoms with E-state index in [4.69, 9.17) is 16.3 Å². The van der Waals surface area contributed by atoms with Crippen molar-refractivity contribution < 1.29 is 18.7 Å². The normalized spacial score (nSPS) is 28.6. The van der Waals surface area contributed by atoms with Crippen molar-refractivity contribution in [2.45, 2.75) is 31.9 Å². The number of fused-ring (bicyclic) bond motifs is 1. The highest BCUT2D eigenvalue weighted by atomic mass is 35.5. The minimum Gasteiger partial charge on any atom is -0.379 e. The molecule has 1 aliphatic carbocycles. The van der Waals surface area contributed by atoms with Gasteiger partial charge in [0.2, 0.25) is 5.91 Å². The van der Waals surface area contributed by atoms with Crippen LogP contribution in [0.5, 0.6) is 0 Å². The molecule has 2 amide bonds. The van der Waals surface area contributed by atoms with Crippen LogP contribution in [0.25, 0.3) is 0 Å². The molecule has 1 aliphatic heterocycles. The van der Waals surface area contributed by atoms with Gasteiger partial charge in [-0.2, -0.15) is 0 Å². The Kier molecular flexibility index (Phi) is 5.29. The summed E-state index contributed by atoms with van der Waals surface area (Å²) in [6.07, 6.45) is 1.46. The minimum atomic E-state index is -0.560. The summed E-state index contributed by atoms with van der Waals surface area (Å²) in [6, 6.07) is 3.96. The Hall–Kier alpha value is -1.66. The number of nitrogens with zero attached hydrogens (tertiary/aromatic N) is 1. The fourth-order valence-corrected chi connectivity index (χ4v) is 4.26. The van der Waals surface area contributed by atoms with Crippen molar-refractivity contribution in [3.63, 3.8) is 0 Å². The molecule has 1 saturated carbocycles. The molecule has 1 N–H and O–H groups in total. The molecule has 5 nitrogen and oxygen atoms in total. The van der Waals surface area contributed by atoms with Gasteiger partial charge in [-0.1, -0.05) is 11.6 Å². The van der Waals surface area contributed by atoms with Gasteiger partial charge in [-0.05, 0) is 42.9 Å². The molecular formula is C18H22ClFN2O3. The smallest absolute Gasteiger partial charge is 0.256 e. The van der Waals surface area contributed by atoms with Crippen LogP contribution in [0.2, 0.25) is 5.02 Å². The third-order valence-corrected chi connectivity index (χ3v) is 5.49. The third-order valence-electron chi connectivity index (χ3n) is 5.25. The number of rotatable bonds is 3. The predicted molar refractivity (Wildman–Crippen MR) is 91.9 cm³/mol. The molecule has 1 saturated heterocycles. The van der Waals surface area contributed by atoms with Crippen molar-refractivity contribution in [2.75, 3.05) is 20.2 Å². The lowest BCUT2D eigenvalue weighted by Gasteiger charge is -2.37. The molecule has 2 aliphatic rings. The minimum absolute atomic E-state index is 0.00727. The zero-order chi connectivity index (χ0) is 18.1. The van der Waals surface area contributed by atoms with Crippen molar-refractivity contribution in [3.05, 3.63) is 34.6 Å². The summed E-state index contributed by atoms with van der Waals surface area (Å²) in [5.41, 5.74) is 0.00727. The van der Waals surface area contributed by atoms with E-state index in [-0.39, 0.29) is 35.4 Å². The van der Waals surface area contributed by atoms with Gasteiger partial charge >= 0.3 is 0 Å². The lowest BCUT2D eigenvalue weighted by Crippen LogP contribution is -2.49. The number of ether oxygens (including phenoxy) is 1. The van der Waals surface area contributed by atoms with Crippen LogP contribution in [0.3, 0.4) is 0 Å². The number of hydrogen-bond acceptors (Lipinski definition) is 3. The number of amides is 2. The van der Waals surface area contributed by atoms with E-state index in [1.165, 1.54) is 25.1 Å². The molecule has 136 valence electrons. The van der Waals surface area contributed by atoms with E-state index >= 15 is 0 Å². The van der Waals surface area contributed by atoms with Gasteiger partial charge in [-0.3, -0.25) is 9.59 Å². The van der Waals surface area contributed by atoms with Crippen LogP contribution < -0.4 is 5.32 Å². The van der Waals surface area contributed by atoms with Gasteiger partial charge in [-0.15, -0.1) is 0 Å². The summed E-state index contributed by atoms with van der Waals surface area (Å²) in [5, 5.41) is 3.28. The topological polar surface area (TPSA) is 58.6 Å². The molecule has 1 aromatic rings. The highest BCUT2D eigenvalue weighted by molar-refractivity contribution is 6.31. The summed E-state index contributed by atoms with van der Waals surface area (Å²) in [6.45, 7) is 2.62. The number of hydrogen-bond donors (Lipinski definition) is 1. The monoisotopic (exact) mass is 368 g/mol. The van der Waals surface area contributed by atoms with Crippen molar-refractivity contribution in [1.82, 2.24) is 10.2 Å². The van der Waals surface area contributed by atoms with Gasteiger partial charge in [0, 0.05) is 32.1 Å². The molecule has 4 atom stereocenters. The zero-order valence-electron chi connectivity index (χ0n) is 14.3. The van der Waals surface area contributed by atoms with Crippen molar-refractivity contribution in [3.8, 4) is 0 Å². The standard InChI is InChI=1S/C18H22ClFN2O3/c1-10(23)21-16-5-11-8-22(9-12(11)6-17(16)25-2)18(24)14-7-13(19)3-4-15(14)20/h3-4,7,11-12,16-17H,5-6,8-9H2,1-2H3,(H,21,23)/t11-,12+,16-,17-/m1/s1. The van der Waals surface area contributed by atoms with Crippen LogP contribution in [0.1, 0.15) is 30.1 Å². The number of halogens is 2. The van der Waals surface area contributed by atoms with Crippen LogP contribution in [-0.2, 0) is 9.53 Å². The number of likely N-dealkylation sites (tertiary alicyclic amines) is 1. The van der Waals surface area contributed by atoms with Gasteiger partial charge < -0.3 is 15.0 Å². The highest BCUT2D eigenvalue weighted by Gasteiger charge is 2.44. The number of carbonyl (C=O) groups excluding carboxylic acids is 2. The van der Waals surface area contributed by atoms with E-state index in [2.05, 4.69) is 5.32 Å². The molecule has 1 aromatic carbocycles. The van der Waals surface area contributed by atoms with Gasteiger partial charge in [0.1, 0.15) is 5.82 Å². The van der Waals surface area contributed by atoms with Crippen molar-refractivity contribution >= 4 is 23.4 Å². The van der Waals surface area contributed by atoms with Crippen LogP contribution in [-0.4, -0.2) is 49.1 Å². The summed E-state index contributed by atoms with van der Waals surface area (Å²) < 4.78 is 19.5. The average molecular weight is 369 g/mol. The van der Waals surface area contributed by atoms with Gasteiger partial charge in [0.05, 0.1) is 17.7 Å². The summed E-state index contributed by atoms with van der Waals surface area (Å²) in [5.74, 6) is -0.414. The lowest BCUT2D eigenvalue weighted by atomic mass is 9.77. The van der Waals surface area contributed by atoms with E-state index in [9.17, 15) is 14.0 Å². The summed E-state index contributed by atoms with van der Waals surface area (Å²) in [7, 11) is 1.64. The Morgan fingerprint density at radius 3 is 2.60 bits per heavy atom. The second kappa shape index (κ2) is 7.30. The van der Waals surface area contributed by atoms with Gasteiger partial charge in [-0.25, -0.2) is 4.39 Å². The Labute approximate surface area is 151 Å². The quantitative estimate of drug-likeness (QED) is 0.891. The molecular weight excluding hydrogens is 347 g/mol. The lowest BCUT2D eigenvalue weighted by molar-refractivity contribution is -0.121. The first-order valence-electron chi connectivity index (χ1n) is 8.43. The molecule has 7 heteroatoms. The number of methoxy groups -OCH3 is 1. The summed E-state index contributed by atoms with van der Waals surface area (Å²) >= 11 is 5.90. The first-order chi connectivity index (χ1) is 11.9. The largest absolute Gasteiger partial charge is 0.379 e. The van der Waals surface area contributed by atoms with Gasteiger partial charge in [0.15, 0.2) is 0 Å². The van der Waals surface area contributed by atoms with E-state index in [1.54, 1.807) is 12.0 Å². The number of carbonyl (C=O) groups is 2. The van der Waals surface area contributed by atoms with Gasteiger partial charge in [0.25, 0.3) is 5.91 Å². The van der Waals surface area contributed by atoms with E-state index in [0.717, 1.165) is 12.8 Å². The Bertz CT molecular complexity index is 684. The first kappa shape index (κ1) is 18.1. The van der Waals surface area contributed by atoms with Crippen molar-refractivity contribution in [2.24, 2.45) is 11.8 Å². The van der Waals surface area contributed by atoms with Crippen LogP contribution >= 0.6 is 11.6 Å². The molecule has 0 aromatic heterocycles. The fourth-order valence-electron chi connectivity index (χ4n) is 4.08. The maximum Gasteiger partial charge on any atom is 0.256 e. The Morgan fingerprint density at radius 2 is 1.96 bits per heavy atom. The molecule has 0 radical (unpaired) electrons. The average Bonchev–Trinajstić information content (AvgIpc) is 2.98. The van der Waals surface area contributed by atoms with Crippen LogP contribution in [0.4, 0.5) is 4.39 Å². The second-order valence-corrected chi connectivity index (χ2v) is 7.34. The molecule has 1 heterocycles. The van der Waals surface area contributed by atoms with E-state index < -0.39 is 5.82 Å². The first-order valence-corrected chi connectivity index (χ1v) is 8.81. The van der Waals surface area contributed by atoms with E-state index in [1.807, 2.05) is 0 Å². The number of benzene rings is 1. The highest BCUT2D eigenvalue weighted by Crippen LogP contribution is 2.38. The molecule has 0 unspecified atom stereocenters. The fraction of sp³-hybridized carbons (Fsp3) is 0.556. The SMILES string of the molecule is CO[C@@H]1C[C@H]2CN(C(=O)c3cc(Cl)ccc3F)C[C@H]2C[C@H]1NC(C)=O. The maximum absolute atomic E-state index is 14.0. The van der Waals surface area contributed by atoms with E-state index in [0.29, 0.717) is 24.0 Å². The van der Waals surface area contributed by atoms with Crippen LogP contribution in [0, 0.1) is 17.7 Å². The Balaban J connectivity index is 1.73. The maximum atomic E-state index is 14.0. The molecule has 0 spiro atoms. The zero-order valence-corrected chi connectivity index (χ0v) is 15.1. The third kappa shape index (κ3) is 3.80. The molecule has 0 bridgehead atoms. The number of nitrogens with one attached hydrogen (secondary N) is 1. The molecule has 3 rings (SSSR count). The van der Waals surface area contributed by atoms with Crippen molar-refractivity contribution in [1.29, 1.82) is 0 Å². The predicted octanol–water partition coefficient (Wildman–Crippen LogP) is 2.48. The second-order valence-electron chi connectivity index (χ2n) is 6.91. The van der Waals surface area contributed by atoms with Crippen LogP contribution in [0.15, 0.2) is 18.2 Å². The molecule has 25 heavy (non-hydrogen) atoms. The molecule has 2 fully saturated rings. The Morgan fingerprint density at radius 1 is 1.28 bits per heavy atom.